The summed E-state index contributed by atoms with van der Waals surface area (Å²) in [6, 6.07) is 11.8. The van der Waals surface area contributed by atoms with Crippen LogP contribution >= 0.6 is 11.3 Å². The largest absolute Gasteiger partial charge is 0.458 e. The highest BCUT2D eigenvalue weighted by molar-refractivity contribution is 7.09. The molecule has 0 aliphatic carbocycles. The van der Waals surface area contributed by atoms with Crippen molar-refractivity contribution in [2.45, 2.75) is 40.8 Å². The van der Waals surface area contributed by atoms with Gasteiger partial charge in [0, 0.05) is 17.6 Å². The van der Waals surface area contributed by atoms with Gasteiger partial charge >= 0.3 is 5.97 Å². The summed E-state index contributed by atoms with van der Waals surface area (Å²) >= 11 is 1.42. The van der Waals surface area contributed by atoms with Gasteiger partial charge in [0.1, 0.15) is 11.6 Å². The summed E-state index contributed by atoms with van der Waals surface area (Å²) in [4.78, 5) is 28.5. The third-order valence-electron chi connectivity index (χ3n) is 4.57. The first-order valence-corrected chi connectivity index (χ1v) is 10.2. The van der Waals surface area contributed by atoms with E-state index < -0.39 is 11.3 Å². The highest BCUT2D eigenvalue weighted by Gasteiger charge is 2.24. The van der Waals surface area contributed by atoms with Gasteiger partial charge in [-0.3, -0.25) is 9.59 Å². The average molecular weight is 412 g/mol. The van der Waals surface area contributed by atoms with Crippen LogP contribution in [0.4, 0.5) is 0 Å². The van der Waals surface area contributed by atoms with Crippen LogP contribution in [0.25, 0.3) is 11.4 Å². The Bertz CT molecular complexity index is 1030. The van der Waals surface area contributed by atoms with E-state index in [2.05, 4.69) is 4.98 Å². The van der Waals surface area contributed by atoms with Gasteiger partial charge < -0.3 is 15.0 Å². The summed E-state index contributed by atoms with van der Waals surface area (Å²) in [5, 5.41) is 2.60. The van der Waals surface area contributed by atoms with Gasteiger partial charge in [-0.05, 0) is 39.3 Å². The molecule has 0 bridgehead atoms. The summed E-state index contributed by atoms with van der Waals surface area (Å²) in [6.07, 6.45) is 0. The number of nitrogens with zero attached hydrogens (tertiary/aromatic N) is 2. The molecule has 0 atom stereocenters. The number of primary amides is 1. The zero-order chi connectivity index (χ0) is 21.2. The molecule has 3 rings (SSSR count). The number of rotatable bonds is 6. The Labute approximate surface area is 174 Å². The molecule has 0 saturated heterocycles. The van der Waals surface area contributed by atoms with Gasteiger partial charge in [0.05, 0.1) is 22.4 Å². The Morgan fingerprint density at radius 2 is 1.90 bits per heavy atom. The first-order chi connectivity index (χ1) is 13.7. The maximum atomic E-state index is 12.0. The molecule has 7 heteroatoms. The van der Waals surface area contributed by atoms with Crippen LogP contribution in [0.2, 0.25) is 0 Å². The lowest BCUT2D eigenvalue weighted by atomic mass is 9.97. The monoisotopic (exact) mass is 411 g/mol. The van der Waals surface area contributed by atoms with Crippen molar-refractivity contribution in [1.82, 2.24) is 9.55 Å². The minimum Gasteiger partial charge on any atom is -0.458 e. The van der Waals surface area contributed by atoms with Crippen LogP contribution < -0.4 is 5.73 Å². The van der Waals surface area contributed by atoms with Gasteiger partial charge in [0.2, 0.25) is 0 Å². The second kappa shape index (κ2) is 8.21. The maximum absolute atomic E-state index is 12.0. The zero-order valence-electron chi connectivity index (χ0n) is 17.1. The molecular formula is C22H25N3O3S. The predicted molar refractivity (Wildman–Crippen MR) is 114 cm³/mol. The van der Waals surface area contributed by atoms with Crippen molar-refractivity contribution in [1.29, 1.82) is 0 Å². The molecule has 29 heavy (non-hydrogen) atoms. The third-order valence-corrected chi connectivity index (χ3v) is 5.39. The molecule has 0 saturated carbocycles. The van der Waals surface area contributed by atoms with Crippen molar-refractivity contribution in [3.8, 4) is 11.4 Å². The van der Waals surface area contributed by atoms with E-state index in [4.69, 9.17) is 10.5 Å². The first kappa shape index (κ1) is 20.8. The van der Waals surface area contributed by atoms with Gasteiger partial charge in [0.15, 0.2) is 0 Å². The van der Waals surface area contributed by atoms with E-state index in [0.717, 1.165) is 22.6 Å². The molecule has 1 aromatic carbocycles. The third kappa shape index (κ3) is 4.74. The van der Waals surface area contributed by atoms with Crippen LogP contribution in [0.15, 0.2) is 41.8 Å². The Balaban J connectivity index is 1.90. The van der Waals surface area contributed by atoms with Crippen LogP contribution in [0.5, 0.6) is 0 Å². The number of esters is 1. The van der Waals surface area contributed by atoms with Crippen LogP contribution in [0, 0.1) is 12.3 Å². The van der Waals surface area contributed by atoms with Gasteiger partial charge in [-0.2, -0.15) is 0 Å². The lowest BCUT2D eigenvalue weighted by Gasteiger charge is -2.15. The molecule has 0 aliphatic heterocycles. The topological polar surface area (TPSA) is 87.2 Å². The molecule has 0 fully saturated rings. The summed E-state index contributed by atoms with van der Waals surface area (Å²) in [5.41, 5.74) is 8.93. The Morgan fingerprint density at radius 1 is 1.21 bits per heavy atom. The normalized spacial score (nSPS) is 11.4. The summed E-state index contributed by atoms with van der Waals surface area (Å²) < 4.78 is 7.40. The van der Waals surface area contributed by atoms with Gasteiger partial charge in [-0.15, -0.1) is 11.3 Å². The van der Waals surface area contributed by atoms with Crippen molar-refractivity contribution in [3.05, 3.63) is 63.6 Å². The number of carbonyl (C=O) groups is 2. The fourth-order valence-corrected chi connectivity index (χ4v) is 3.61. The number of nitrogens with two attached hydrogens (primary N) is 1. The number of ether oxygens (including phenoxy) is 1. The molecule has 1 amide bonds. The highest BCUT2D eigenvalue weighted by atomic mass is 32.1. The predicted octanol–water partition coefficient (Wildman–Crippen LogP) is 4.16. The number of thiazole rings is 1. The van der Waals surface area contributed by atoms with Crippen LogP contribution in [0.3, 0.4) is 0 Å². The van der Waals surface area contributed by atoms with Crippen LogP contribution in [-0.2, 0) is 22.7 Å². The summed E-state index contributed by atoms with van der Waals surface area (Å²) in [6.45, 7) is 8.04. The van der Waals surface area contributed by atoms with Crippen molar-refractivity contribution < 1.29 is 14.3 Å². The molecular weight excluding hydrogens is 386 g/mol. The molecule has 152 valence electrons. The van der Waals surface area contributed by atoms with Gasteiger partial charge in [0.25, 0.3) is 5.91 Å². The van der Waals surface area contributed by atoms with E-state index in [-0.39, 0.29) is 12.6 Å². The fraction of sp³-hybridized carbons (Fsp3) is 0.318. The van der Waals surface area contributed by atoms with Gasteiger partial charge in [-0.25, -0.2) is 4.98 Å². The number of hydrogen-bond donors (Lipinski definition) is 1. The lowest BCUT2D eigenvalue weighted by molar-refractivity contribution is -0.154. The summed E-state index contributed by atoms with van der Waals surface area (Å²) in [5.74, 6) is -0.737. The minimum atomic E-state index is -0.558. The fourth-order valence-electron chi connectivity index (χ4n) is 2.92. The molecule has 0 spiro atoms. The van der Waals surface area contributed by atoms with Crippen molar-refractivity contribution >= 4 is 23.2 Å². The number of hydrogen-bond acceptors (Lipinski definition) is 5. The van der Waals surface area contributed by atoms with Crippen LogP contribution in [0.1, 0.15) is 47.4 Å². The number of benzene rings is 1. The molecule has 0 unspecified atom stereocenters. The highest BCUT2D eigenvalue weighted by Crippen LogP contribution is 2.29. The van der Waals surface area contributed by atoms with Crippen molar-refractivity contribution in [2.75, 3.05) is 0 Å². The molecule has 0 aliphatic rings. The van der Waals surface area contributed by atoms with Crippen molar-refractivity contribution in [2.24, 2.45) is 11.1 Å². The lowest BCUT2D eigenvalue weighted by Crippen LogP contribution is -2.22. The second-order valence-corrected chi connectivity index (χ2v) is 8.86. The Hall–Kier alpha value is -2.93. The van der Waals surface area contributed by atoms with E-state index in [0.29, 0.717) is 17.1 Å². The van der Waals surface area contributed by atoms with E-state index in [9.17, 15) is 9.59 Å². The smallest absolute Gasteiger partial charge is 0.311 e. The molecule has 3 aromatic rings. The number of amides is 1. The second-order valence-electron chi connectivity index (χ2n) is 7.92. The minimum absolute atomic E-state index is 0.127. The zero-order valence-corrected chi connectivity index (χ0v) is 17.9. The Morgan fingerprint density at radius 3 is 2.52 bits per heavy atom. The number of carbonyl (C=O) groups excluding carboxylic acids is 2. The first-order valence-electron chi connectivity index (χ1n) is 9.32. The molecule has 2 N–H and O–H groups in total. The number of aromatic nitrogens is 2. The van der Waals surface area contributed by atoms with Crippen molar-refractivity contribution in [3.63, 3.8) is 0 Å². The molecule has 2 heterocycles. The average Bonchev–Trinajstić information content (AvgIpc) is 3.25. The SMILES string of the molecule is Cc1c(C(N)=O)cc(-c2csc(COC(=O)C(C)(C)C)n2)n1Cc1ccccc1. The maximum Gasteiger partial charge on any atom is 0.311 e. The standard InChI is InChI=1S/C22H25N3O3S/c1-14-16(20(23)26)10-18(25(14)11-15-8-6-5-7-9-15)17-13-29-19(24-17)12-28-21(27)22(2,3)4/h5-10,13H,11-12H2,1-4H3,(H2,23,26). The van der Waals surface area contributed by atoms with Gasteiger partial charge in [-0.1, -0.05) is 30.3 Å². The Kier molecular flexibility index (Phi) is 5.88. The molecule has 2 aromatic heterocycles. The van der Waals surface area contributed by atoms with E-state index >= 15 is 0 Å². The quantitative estimate of drug-likeness (QED) is 0.617. The van der Waals surface area contributed by atoms with E-state index in [1.54, 1.807) is 6.07 Å². The van der Waals surface area contributed by atoms with E-state index in [1.807, 2.05) is 68.0 Å². The molecule has 0 radical (unpaired) electrons. The van der Waals surface area contributed by atoms with E-state index in [1.165, 1.54) is 11.3 Å². The van der Waals surface area contributed by atoms with Crippen LogP contribution in [-0.4, -0.2) is 21.4 Å². The summed E-state index contributed by atoms with van der Waals surface area (Å²) in [7, 11) is 0. The molecule has 6 nitrogen and oxygen atoms in total.